The zero-order valence-corrected chi connectivity index (χ0v) is 16.9. The highest BCUT2D eigenvalue weighted by Crippen LogP contribution is 2.25. The smallest absolute Gasteiger partial charge is 0.251 e. The monoisotopic (exact) mass is 389 g/mol. The molecule has 0 spiro atoms. The van der Waals surface area contributed by atoms with Gasteiger partial charge < -0.3 is 11.1 Å². The Morgan fingerprint density at radius 1 is 1.50 bits per heavy atom. The molecule has 3 N–H and O–H groups in total. The van der Waals surface area contributed by atoms with Crippen LogP contribution < -0.4 is 11.1 Å². The van der Waals surface area contributed by atoms with Gasteiger partial charge in [0.25, 0.3) is 5.91 Å². The third-order valence-corrected chi connectivity index (χ3v) is 5.00. The number of amides is 1. The highest BCUT2D eigenvalue weighted by atomic mass is 35.5. The molecular weight excluding hydrogens is 366 g/mol. The molecule has 0 saturated carbocycles. The van der Waals surface area contributed by atoms with Gasteiger partial charge in [-0.3, -0.25) is 4.79 Å². The number of nitrogens with one attached hydrogen (secondary N) is 1. The van der Waals surface area contributed by atoms with Crippen molar-refractivity contribution in [3.05, 3.63) is 63.3 Å². The molecule has 1 aliphatic rings. The van der Waals surface area contributed by atoms with Crippen molar-refractivity contribution in [3.63, 3.8) is 0 Å². The summed E-state index contributed by atoms with van der Waals surface area (Å²) < 4.78 is 0. The summed E-state index contributed by atoms with van der Waals surface area (Å²) in [7, 11) is 0. The number of hydrogen-bond acceptors (Lipinski definition) is 4. The molecule has 1 aromatic heterocycles. The van der Waals surface area contributed by atoms with Gasteiger partial charge in [0.05, 0.1) is 5.69 Å². The van der Waals surface area contributed by atoms with Crippen molar-refractivity contribution in [1.29, 1.82) is 0 Å². The summed E-state index contributed by atoms with van der Waals surface area (Å²) in [6.07, 6.45) is 12.3. The average Bonchev–Trinajstić information content (AvgIpc) is 2.96. The standard InChI is InChI=1S/C20H24ClN3OS/c1-4-7-15-8-6-9-16(11-17(15)21)23-19(25)13(3)10-14(5-2)18-12-26-20(22)24-18/h5-6,9-12H,4,7-8H2,1-3H3,(H2,22,24)(H,23,25)/b13-10+,14-5+. The molecule has 0 radical (unpaired) electrons. The number of hydrogen-bond donors (Lipinski definition) is 2. The van der Waals surface area contributed by atoms with Crippen LogP contribution >= 0.6 is 22.9 Å². The number of rotatable bonds is 6. The van der Waals surface area contributed by atoms with Crippen molar-refractivity contribution < 1.29 is 4.79 Å². The SMILES string of the molecule is C/C=C(\C=C(/C)C(=O)NC1=CC(Cl)=C(CCC)CC=C1)c1csc(N)n1. The molecule has 0 unspecified atom stereocenters. The summed E-state index contributed by atoms with van der Waals surface area (Å²) in [6.45, 7) is 5.81. The lowest BCUT2D eigenvalue weighted by atomic mass is 10.1. The fourth-order valence-electron chi connectivity index (χ4n) is 2.57. The van der Waals surface area contributed by atoms with Gasteiger partial charge in [-0.2, -0.15) is 0 Å². The zero-order valence-electron chi connectivity index (χ0n) is 15.3. The first kappa shape index (κ1) is 20.2. The normalized spacial score (nSPS) is 15.8. The van der Waals surface area contributed by atoms with Gasteiger partial charge in [-0.15, -0.1) is 11.3 Å². The molecule has 2 rings (SSSR count). The molecule has 0 aromatic carbocycles. The lowest BCUT2D eigenvalue weighted by Gasteiger charge is -2.07. The molecule has 1 amide bonds. The predicted molar refractivity (Wildman–Crippen MR) is 112 cm³/mol. The van der Waals surface area contributed by atoms with E-state index in [2.05, 4.69) is 17.2 Å². The van der Waals surface area contributed by atoms with E-state index in [4.69, 9.17) is 17.3 Å². The highest BCUT2D eigenvalue weighted by molar-refractivity contribution is 7.13. The van der Waals surface area contributed by atoms with Crippen LogP contribution in [-0.2, 0) is 4.79 Å². The minimum Gasteiger partial charge on any atom is -0.375 e. The van der Waals surface area contributed by atoms with Crippen LogP contribution in [0.1, 0.15) is 45.7 Å². The third-order valence-electron chi connectivity index (χ3n) is 3.95. The van der Waals surface area contributed by atoms with Gasteiger partial charge in [0, 0.05) is 21.7 Å². The number of carbonyl (C=O) groups is 1. The largest absolute Gasteiger partial charge is 0.375 e. The van der Waals surface area contributed by atoms with Crippen molar-refractivity contribution in [2.45, 2.75) is 40.0 Å². The molecule has 0 bridgehead atoms. The predicted octanol–water partition coefficient (Wildman–Crippen LogP) is 5.33. The molecule has 138 valence electrons. The Hall–Kier alpha value is -2.11. The zero-order chi connectivity index (χ0) is 19.1. The first-order valence-corrected chi connectivity index (χ1v) is 9.83. The molecule has 26 heavy (non-hydrogen) atoms. The van der Waals surface area contributed by atoms with Gasteiger partial charge in [-0.05, 0) is 56.1 Å². The van der Waals surface area contributed by atoms with Crippen LogP contribution in [0.25, 0.3) is 5.57 Å². The summed E-state index contributed by atoms with van der Waals surface area (Å²) in [4.78, 5) is 16.8. The molecule has 0 aliphatic heterocycles. The molecule has 0 fully saturated rings. The van der Waals surface area contributed by atoms with E-state index in [1.165, 1.54) is 16.9 Å². The minimum atomic E-state index is -0.174. The van der Waals surface area contributed by atoms with E-state index in [-0.39, 0.29) is 5.91 Å². The second kappa shape index (κ2) is 9.55. The molecule has 0 atom stereocenters. The lowest BCUT2D eigenvalue weighted by molar-refractivity contribution is -0.116. The van der Waals surface area contributed by atoms with Gasteiger partial charge in [-0.25, -0.2) is 4.98 Å². The van der Waals surface area contributed by atoms with Crippen molar-refractivity contribution in [1.82, 2.24) is 10.3 Å². The van der Waals surface area contributed by atoms with Crippen molar-refractivity contribution >= 4 is 39.5 Å². The van der Waals surface area contributed by atoms with E-state index in [9.17, 15) is 4.79 Å². The fraction of sp³-hybridized carbons (Fsp3) is 0.300. The van der Waals surface area contributed by atoms with E-state index in [1.807, 2.05) is 42.7 Å². The number of nitrogens with zero attached hydrogens (tertiary/aromatic N) is 1. The first-order chi connectivity index (χ1) is 12.4. The summed E-state index contributed by atoms with van der Waals surface area (Å²) in [6, 6.07) is 0. The Balaban J connectivity index is 2.14. The highest BCUT2D eigenvalue weighted by Gasteiger charge is 2.11. The number of anilines is 1. The summed E-state index contributed by atoms with van der Waals surface area (Å²) in [5.41, 5.74) is 9.79. The molecule has 0 saturated heterocycles. The van der Waals surface area contributed by atoms with Crippen LogP contribution in [0.5, 0.6) is 0 Å². The van der Waals surface area contributed by atoms with E-state index < -0.39 is 0 Å². The van der Waals surface area contributed by atoms with Gasteiger partial charge in [0.2, 0.25) is 0 Å². The summed E-state index contributed by atoms with van der Waals surface area (Å²) in [5.74, 6) is -0.174. The van der Waals surface area contributed by atoms with Crippen LogP contribution in [0.2, 0.25) is 0 Å². The average molecular weight is 390 g/mol. The van der Waals surface area contributed by atoms with E-state index in [0.29, 0.717) is 21.4 Å². The van der Waals surface area contributed by atoms with Crippen LogP contribution in [0.3, 0.4) is 0 Å². The molecule has 6 heteroatoms. The van der Waals surface area contributed by atoms with E-state index in [0.717, 1.165) is 30.5 Å². The fourth-order valence-corrected chi connectivity index (χ4v) is 3.43. The third kappa shape index (κ3) is 5.44. The number of carbonyl (C=O) groups excluding carboxylic acids is 1. The quantitative estimate of drug-likeness (QED) is 0.510. The molecule has 1 aromatic rings. The summed E-state index contributed by atoms with van der Waals surface area (Å²) in [5, 5.41) is 6.01. The maximum Gasteiger partial charge on any atom is 0.251 e. The van der Waals surface area contributed by atoms with Gasteiger partial charge in [0.1, 0.15) is 0 Å². The summed E-state index contributed by atoms with van der Waals surface area (Å²) >= 11 is 7.76. The van der Waals surface area contributed by atoms with Gasteiger partial charge in [0.15, 0.2) is 5.13 Å². The van der Waals surface area contributed by atoms with Crippen LogP contribution in [0, 0.1) is 0 Å². The second-order valence-corrected chi connectivity index (χ2v) is 7.30. The molecule has 1 aliphatic carbocycles. The number of aromatic nitrogens is 1. The van der Waals surface area contributed by atoms with Crippen LogP contribution in [-0.4, -0.2) is 10.9 Å². The first-order valence-electron chi connectivity index (χ1n) is 8.57. The van der Waals surface area contributed by atoms with Gasteiger partial charge >= 0.3 is 0 Å². The molecule has 4 nitrogen and oxygen atoms in total. The van der Waals surface area contributed by atoms with Gasteiger partial charge in [-0.1, -0.05) is 37.1 Å². The van der Waals surface area contributed by atoms with E-state index in [1.54, 1.807) is 6.92 Å². The number of halogens is 1. The van der Waals surface area contributed by atoms with E-state index >= 15 is 0 Å². The van der Waals surface area contributed by atoms with Crippen molar-refractivity contribution in [2.75, 3.05) is 5.73 Å². The van der Waals surface area contributed by atoms with Crippen LogP contribution in [0.15, 0.2) is 57.6 Å². The molecule has 1 heterocycles. The number of nitrogen functional groups attached to an aromatic ring is 1. The Bertz CT molecular complexity index is 828. The minimum absolute atomic E-state index is 0.174. The lowest BCUT2D eigenvalue weighted by Crippen LogP contribution is -2.22. The topological polar surface area (TPSA) is 68.0 Å². The number of nitrogens with two attached hydrogens (primary N) is 1. The van der Waals surface area contributed by atoms with Crippen molar-refractivity contribution in [3.8, 4) is 0 Å². The maximum absolute atomic E-state index is 12.5. The molecular formula is C20H24ClN3OS. The Morgan fingerprint density at radius 2 is 2.27 bits per heavy atom. The Morgan fingerprint density at radius 3 is 2.88 bits per heavy atom. The maximum atomic E-state index is 12.5. The number of thiazole rings is 1. The van der Waals surface area contributed by atoms with Crippen molar-refractivity contribution in [2.24, 2.45) is 0 Å². The second-order valence-electron chi connectivity index (χ2n) is 6.00. The Kier molecular flexibility index (Phi) is 7.42. The van der Waals surface area contributed by atoms with Crippen LogP contribution in [0.4, 0.5) is 5.13 Å². The number of allylic oxidation sites excluding steroid dienone is 8. The Labute approximate surface area is 163 Å².